The van der Waals surface area contributed by atoms with Crippen molar-refractivity contribution in [2.75, 3.05) is 0 Å². The molecule has 16 heavy (non-hydrogen) atoms. The number of rotatable bonds is 3. The van der Waals surface area contributed by atoms with Crippen LogP contribution >= 0.6 is 0 Å². The summed E-state index contributed by atoms with van der Waals surface area (Å²) in [5.41, 5.74) is 2.44. The van der Waals surface area contributed by atoms with Crippen LogP contribution in [0.15, 0.2) is 53.0 Å². The molecule has 0 saturated carbocycles. The standard InChI is InChI=1S/C13H16N2O/c1-5-11(4)9-12(10(2)3)15-13(16)7-6-8-14-15/h5-9H,2H2,1,3-4H3/b11-5-,12-9+. The molecule has 1 aromatic rings. The zero-order chi connectivity index (χ0) is 12.1. The quantitative estimate of drug-likeness (QED) is 0.728. The topological polar surface area (TPSA) is 34.9 Å². The van der Waals surface area contributed by atoms with Gasteiger partial charge in [0.05, 0.1) is 5.70 Å². The van der Waals surface area contributed by atoms with Gasteiger partial charge in [0, 0.05) is 12.3 Å². The van der Waals surface area contributed by atoms with Crippen LogP contribution in [0.25, 0.3) is 5.70 Å². The molecule has 3 nitrogen and oxygen atoms in total. The van der Waals surface area contributed by atoms with Crippen molar-refractivity contribution >= 4 is 5.70 Å². The van der Waals surface area contributed by atoms with Crippen LogP contribution in [0.5, 0.6) is 0 Å². The molecule has 1 heterocycles. The lowest BCUT2D eigenvalue weighted by Gasteiger charge is -2.08. The summed E-state index contributed by atoms with van der Waals surface area (Å²) in [5.74, 6) is 0. The zero-order valence-electron chi connectivity index (χ0n) is 9.90. The lowest BCUT2D eigenvalue weighted by Crippen LogP contribution is -2.20. The molecule has 0 radical (unpaired) electrons. The van der Waals surface area contributed by atoms with Gasteiger partial charge in [0.25, 0.3) is 5.56 Å². The van der Waals surface area contributed by atoms with Crippen molar-refractivity contribution in [3.63, 3.8) is 0 Å². The van der Waals surface area contributed by atoms with Crippen molar-refractivity contribution < 1.29 is 0 Å². The van der Waals surface area contributed by atoms with Crippen molar-refractivity contribution in [2.45, 2.75) is 20.8 Å². The molecule has 0 bridgehead atoms. The van der Waals surface area contributed by atoms with Crippen LogP contribution in [0.2, 0.25) is 0 Å². The highest BCUT2D eigenvalue weighted by Gasteiger charge is 2.04. The molecule has 0 aliphatic rings. The van der Waals surface area contributed by atoms with E-state index in [-0.39, 0.29) is 5.56 Å². The largest absolute Gasteiger partial charge is 0.271 e. The molecule has 0 atom stereocenters. The van der Waals surface area contributed by atoms with E-state index in [9.17, 15) is 4.79 Å². The Morgan fingerprint density at radius 3 is 2.69 bits per heavy atom. The summed E-state index contributed by atoms with van der Waals surface area (Å²) in [6.07, 6.45) is 5.46. The number of nitrogens with zero attached hydrogens (tertiary/aromatic N) is 2. The number of hydrogen-bond donors (Lipinski definition) is 0. The molecule has 0 saturated heterocycles. The Hall–Kier alpha value is -1.90. The maximum Gasteiger partial charge on any atom is 0.271 e. The van der Waals surface area contributed by atoms with Gasteiger partial charge in [0.1, 0.15) is 0 Å². The molecular weight excluding hydrogens is 200 g/mol. The first-order valence-corrected chi connectivity index (χ1v) is 5.11. The Balaban J connectivity index is 3.36. The molecule has 0 aliphatic heterocycles. The van der Waals surface area contributed by atoms with E-state index in [1.54, 1.807) is 12.3 Å². The lowest BCUT2D eigenvalue weighted by molar-refractivity contribution is 0.824. The Bertz CT molecular complexity index is 507. The van der Waals surface area contributed by atoms with E-state index < -0.39 is 0 Å². The van der Waals surface area contributed by atoms with E-state index >= 15 is 0 Å². The van der Waals surface area contributed by atoms with Crippen molar-refractivity contribution in [3.8, 4) is 0 Å². The fraction of sp³-hybridized carbons (Fsp3) is 0.231. The molecule has 1 rings (SSSR count). The van der Waals surface area contributed by atoms with Gasteiger partial charge in [-0.2, -0.15) is 9.78 Å². The van der Waals surface area contributed by atoms with Gasteiger partial charge >= 0.3 is 0 Å². The van der Waals surface area contributed by atoms with Crippen molar-refractivity contribution in [2.24, 2.45) is 0 Å². The van der Waals surface area contributed by atoms with Crippen LogP contribution < -0.4 is 5.56 Å². The van der Waals surface area contributed by atoms with Gasteiger partial charge in [0.15, 0.2) is 0 Å². The van der Waals surface area contributed by atoms with Crippen molar-refractivity contribution in [1.82, 2.24) is 9.78 Å². The van der Waals surface area contributed by atoms with Crippen molar-refractivity contribution in [3.05, 3.63) is 58.6 Å². The Morgan fingerprint density at radius 2 is 2.19 bits per heavy atom. The fourth-order valence-corrected chi connectivity index (χ4v) is 1.20. The SMILES string of the molecule is C=C(C)/C(=C\C(C)=C/C)n1ncccc1=O. The maximum absolute atomic E-state index is 11.6. The van der Waals surface area contributed by atoms with E-state index in [1.807, 2.05) is 32.9 Å². The summed E-state index contributed by atoms with van der Waals surface area (Å²) in [6.45, 7) is 9.64. The molecule has 1 aromatic heterocycles. The van der Waals surface area contributed by atoms with Crippen LogP contribution in [-0.2, 0) is 0 Å². The minimum absolute atomic E-state index is 0.152. The van der Waals surface area contributed by atoms with E-state index in [0.717, 1.165) is 16.8 Å². The third-order valence-corrected chi connectivity index (χ3v) is 2.20. The molecule has 0 unspecified atom stereocenters. The van der Waals surface area contributed by atoms with E-state index in [1.165, 1.54) is 10.7 Å². The second kappa shape index (κ2) is 5.26. The summed E-state index contributed by atoms with van der Waals surface area (Å²) < 4.78 is 1.36. The highest BCUT2D eigenvalue weighted by Crippen LogP contribution is 2.13. The second-order valence-corrected chi connectivity index (χ2v) is 3.62. The summed E-state index contributed by atoms with van der Waals surface area (Å²) in [7, 11) is 0. The van der Waals surface area contributed by atoms with Crippen LogP contribution in [0, 0.1) is 0 Å². The fourth-order valence-electron chi connectivity index (χ4n) is 1.20. The third kappa shape index (κ3) is 2.79. The summed E-state index contributed by atoms with van der Waals surface area (Å²) in [5, 5.41) is 4.04. The highest BCUT2D eigenvalue weighted by atomic mass is 16.1. The Labute approximate surface area is 95.4 Å². The molecule has 0 aromatic carbocycles. The van der Waals surface area contributed by atoms with Gasteiger partial charge < -0.3 is 0 Å². The van der Waals surface area contributed by atoms with Crippen LogP contribution in [0.1, 0.15) is 20.8 Å². The lowest BCUT2D eigenvalue weighted by atomic mass is 10.1. The Kier molecular flexibility index (Phi) is 4.00. The van der Waals surface area contributed by atoms with Gasteiger partial charge in [-0.05, 0) is 38.5 Å². The van der Waals surface area contributed by atoms with E-state index in [2.05, 4.69) is 11.7 Å². The summed E-state index contributed by atoms with van der Waals surface area (Å²) in [6, 6.07) is 3.10. The molecule has 84 valence electrons. The highest BCUT2D eigenvalue weighted by molar-refractivity contribution is 5.64. The van der Waals surface area contributed by atoms with Gasteiger partial charge in [-0.25, -0.2) is 0 Å². The number of hydrogen-bond acceptors (Lipinski definition) is 2. The van der Waals surface area contributed by atoms with Gasteiger partial charge in [0.2, 0.25) is 0 Å². The normalized spacial score (nSPS) is 12.7. The van der Waals surface area contributed by atoms with Crippen LogP contribution in [0.4, 0.5) is 0 Å². The molecular formula is C13H16N2O. The summed E-state index contributed by atoms with van der Waals surface area (Å²) in [4.78, 5) is 11.6. The predicted molar refractivity (Wildman–Crippen MR) is 67.0 cm³/mol. The van der Waals surface area contributed by atoms with Gasteiger partial charge in [-0.1, -0.05) is 18.2 Å². The molecule has 0 N–H and O–H groups in total. The molecule has 0 aliphatic carbocycles. The second-order valence-electron chi connectivity index (χ2n) is 3.62. The zero-order valence-corrected chi connectivity index (χ0v) is 9.90. The first kappa shape index (κ1) is 12.2. The minimum Gasteiger partial charge on any atom is -0.267 e. The Morgan fingerprint density at radius 1 is 1.50 bits per heavy atom. The average molecular weight is 216 g/mol. The average Bonchev–Trinajstić information content (AvgIpc) is 2.26. The van der Waals surface area contributed by atoms with E-state index in [4.69, 9.17) is 0 Å². The van der Waals surface area contributed by atoms with Crippen LogP contribution in [-0.4, -0.2) is 9.78 Å². The maximum atomic E-state index is 11.6. The molecule has 0 amide bonds. The van der Waals surface area contributed by atoms with Crippen LogP contribution in [0.3, 0.4) is 0 Å². The molecule has 0 spiro atoms. The first-order chi connectivity index (χ1) is 7.56. The van der Waals surface area contributed by atoms with Gasteiger partial charge in [-0.15, -0.1) is 0 Å². The summed E-state index contributed by atoms with van der Waals surface area (Å²) >= 11 is 0. The monoisotopic (exact) mass is 216 g/mol. The minimum atomic E-state index is -0.152. The third-order valence-electron chi connectivity index (χ3n) is 2.20. The van der Waals surface area contributed by atoms with Crippen molar-refractivity contribution in [1.29, 1.82) is 0 Å². The van der Waals surface area contributed by atoms with E-state index in [0.29, 0.717) is 0 Å². The number of aromatic nitrogens is 2. The smallest absolute Gasteiger partial charge is 0.267 e. The van der Waals surface area contributed by atoms with Gasteiger partial charge in [-0.3, -0.25) is 4.79 Å². The predicted octanol–water partition coefficient (Wildman–Crippen LogP) is 2.63. The number of allylic oxidation sites excluding steroid dienone is 5. The molecule has 3 heteroatoms. The first-order valence-electron chi connectivity index (χ1n) is 5.11. The molecule has 0 fully saturated rings.